The van der Waals surface area contributed by atoms with Crippen LogP contribution in [0.3, 0.4) is 0 Å². The van der Waals surface area contributed by atoms with Crippen LogP contribution in [-0.2, 0) is 37.3 Å². The van der Waals surface area contributed by atoms with Crippen LogP contribution in [-0.4, -0.2) is 24.5 Å². The Morgan fingerprint density at radius 3 is 1.98 bits per heavy atom. The maximum Gasteiger partial charge on any atom is 2.00 e. The van der Waals surface area contributed by atoms with Gasteiger partial charge in [-0.2, -0.15) is 6.07 Å². The zero-order valence-corrected chi connectivity index (χ0v) is 32.8. The van der Waals surface area contributed by atoms with E-state index in [1.165, 1.54) is 11.1 Å². The van der Waals surface area contributed by atoms with E-state index in [9.17, 15) is 0 Å². The van der Waals surface area contributed by atoms with Crippen molar-refractivity contribution in [3.05, 3.63) is 114 Å². The summed E-state index contributed by atoms with van der Waals surface area (Å²) in [6, 6.07) is 28.4. The van der Waals surface area contributed by atoms with Crippen molar-refractivity contribution < 1.29 is 25.8 Å². The quantitative estimate of drug-likeness (QED) is 0.131. The molecule has 0 unspecified atom stereocenters. The summed E-state index contributed by atoms with van der Waals surface area (Å²) in [6.07, 6.45) is 7.55. The van der Waals surface area contributed by atoms with Crippen molar-refractivity contribution in [2.24, 2.45) is 0 Å². The van der Waals surface area contributed by atoms with E-state index in [2.05, 4.69) is 126 Å². The van der Waals surface area contributed by atoms with E-state index >= 15 is 0 Å². The largest absolute Gasteiger partial charge is 2.00 e. The number of rotatable bonds is 3. The van der Waals surface area contributed by atoms with Crippen molar-refractivity contribution in [2.75, 3.05) is 0 Å². The molecular weight excluding hydrogens is 810 g/mol. The van der Waals surface area contributed by atoms with Gasteiger partial charge in [0.2, 0.25) is 0 Å². The van der Waals surface area contributed by atoms with Gasteiger partial charge in [0.05, 0.1) is 0 Å². The van der Waals surface area contributed by atoms with E-state index in [1.807, 2.05) is 43.0 Å². The van der Waals surface area contributed by atoms with Crippen LogP contribution in [0.2, 0.25) is 0 Å². The normalized spacial score (nSPS) is 12.6. The Kier molecular flexibility index (Phi) is 8.34. The van der Waals surface area contributed by atoms with Crippen molar-refractivity contribution in [1.29, 1.82) is 0 Å². The fraction of sp³-hybridized carbons (Fsp3) is 0.273. The minimum atomic E-state index is -0.0239. The molecule has 5 aromatic heterocycles. The second-order valence-electron chi connectivity index (χ2n) is 16.4. The van der Waals surface area contributed by atoms with Crippen LogP contribution in [0, 0.1) is 12.1 Å². The first-order valence-corrected chi connectivity index (χ1v) is 17.2. The number of nitrogens with zero attached hydrogens (tertiary/aromatic N) is 5. The molecule has 0 atom stereocenters. The van der Waals surface area contributed by atoms with Gasteiger partial charge in [-0.05, 0) is 74.2 Å². The van der Waals surface area contributed by atoms with Crippen molar-refractivity contribution in [1.82, 2.24) is 24.5 Å². The monoisotopic (exact) mass is 850 g/mol. The second-order valence-corrected chi connectivity index (χ2v) is 16.4. The standard InChI is InChI=1S/C44H41N5O.Pt/c1-42(2,3)28-11-15-36-35(19-28)33-14-13-32(22-37(33)49(36)38-20-29(16-17-45-38)43(4,5)6)50-31-12-10-26-23-47-41-39(34(26)21-31)40-27(24-48-41)18-30(25-46-40)44(7,8)9;/h10-20,23-25H,1-9H3;/q-2;+2. The van der Waals surface area contributed by atoms with Crippen molar-refractivity contribution in [3.8, 4) is 17.3 Å². The molecule has 0 N–H and O–H groups in total. The molecule has 0 saturated carbocycles. The van der Waals surface area contributed by atoms with E-state index in [0.29, 0.717) is 17.1 Å². The van der Waals surface area contributed by atoms with Crippen molar-refractivity contribution in [3.63, 3.8) is 0 Å². The predicted octanol–water partition coefficient (Wildman–Crippen LogP) is 11.1. The molecule has 0 spiro atoms. The molecule has 8 aromatic rings. The summed E-state index contributed by atoms with van der Waals surface area (Å²) in [7, 11) is 0. The molecule has 8 rings (SSSR count). The first kappa shape index (κ1) is 34.8. The van der Waals surface area contributed by atoms with Gasteiger partial charge in [-0.3, -0.25) is 9.97 Å². The molecule has 7 heteroatoms. The van der Waals surface area contributed by atoms with Gasteiger partial charge in [0.1, 0.15) is 11.5 Å². The molecule has 0 aliphatic heterocycles. The average Bonchev–Trinajstić information content (AvgIpc) is 3.39. The maximum absolute atomic E-state index is 6.56. The molecule has 258 valence electrons. The fourth-order valence-electron chi connectivity index (χ4n) is 6.63. The zero-order chi connectivity index (χ0) is 35.2. The molecule has 0 bridgehead atoms. The Morgan fingerprint density at radius 2 is 1.25 bits per heavy atom. The first-order chi connectivity index (χ1) is 23.6. The maximum atomic E-state index is 6.56. The van der Waals surface area contributed by atoms with Crippen LogP contribution >= 0.6 is 0 Å². The Labute approximate surface area is 313 Å². The Bertz CT molecular complexity index is 2640. The minimum absolute atomic E-state index is 0. The molecule has 3 aromatic carbocycles. The van der Waals surface area contributed by atoms with E-state index in [1.54, 1.807) is 0 Å². The summed E-state index contributed by atoms with van der Waals surface area (Å²) in [5.74, 6) is 2.02. The van der Waals surface area contributed by atoms with E-state index in [0.717, 1.165) is 60.2 Å². The summed E-state index contributed by atoms with van der Waals surface area (Å²) < 4.78 is 8.76. The molecule has 0 saturated heterocycles. The van der Waals surface area contributed by atoms with Crippen LogP contribution in [0.5, 0.6) is 11.5 Å². The molecule has 5 heterocycles. The minimum Gasteiger partial charge on any atom is -0.503 e. The summed E-state index contributed by atoms with van der Waals surface area (Å²) >= 11 is 0. The number of fused-ring (bicyclic) bond motifs is 8. The predicted molar refractivity (Wildman–Crippen MR) is 205 cm³/mol. The van der Waals surface area contributed by atoms with Crippen LogP contribution in [0.4, 0.5) is 0 Å². The fourth-order valence-corrected chi connectivity index (χ4v) is 6.63. The summed E-state index contributed by atoms with van der Waals surface area (Å²) in [5, 5.41) is 5.92. The van der Waals surface area contributed by atoms with Crippen LogP contribution in [0.25, 0.3) is 60.3 Å². The van der Waals surface area contributed by atoms with Crippen LogP contribution < -0.4 is 4.74 Å². The van der Waals surface area contributed by atoms with Gasteiger partial charge in [-0.15, -0.1) is 29.0 Å². The Morgan fingerprint density at radius 1 is 0.588 bits per heavy atom. The molecule has 0 amide bonds. The number of hydrogen-bond donors (Lipinski definition) is 0. The Hall–Kier alpha value is -4.67. The SMILES string of the molecule is CC(C)(C)c1ccnc(-n2c3[c-]c(Oc4[c-]c5c(cc4)cnc4ncc6cc(C(C)(C)C)cnc6c45)ccc3c3cc(C(C)(C)C)ccc32)c1.[Pt+2]. The third-order valence-electron chi connectivity index (χ3n) is 9.67. The Balaban J connectivity index is 0.00000406. The third kappa shape index (κ3) is 6.18. The van der Waals surface area contributed by atoms with Gasteiger partial charge >= 0.3 is 21.1 Å². The van der Waals surface area contributed by atoms with E-state index in [4.69, 9.17) is 19.7 Å². The molecule has 6 nitrogen and oxygen atoms in total. The van der Waals surface area contributed by atoms with E-state index < -0.39 is 0 Å². The van der Waals surface area contributed by atoms with Gasteiger partial charge in [-0.25, -0.2) is 9.97 Å². The van der Waals surface area contributed by atoms with Gasteiger partial charge in [0.15, 0.2) is 0 Å². The van der Waals surface area contributed by atoms with Crippen molar-refractivity contribution in [2.45, 2.75) is 78.6 Å². The molecule has 0 aliphatic carbocycles. The topological polar surface area (TPSA) is 65.7 Å². The average molecular weight is 851 g/mol. The van der Waals surface area contributed by atoms with Gasteiger partial charge in [-0.1, -0.05) is 97.5 Å². The molecule has 0 aliphatic rings. The summed E-state index contributed by atoms with van der Waals surface area (Å²) in [5.41, 5.74) is 7.09. The summed E-state index contributed by atoms with van der Waals surface area (Å²) in [4.78, 5) is 19.1. The number of benzene rings is 3. The van der Waals surface area contributed by atoms with Crippen molar-refractivity contribution >= 4 is 54.5 Å². The molecule has 51 heavy (non-hydrogen) atoms. The smallest absolute Gasteiger partial charge is 0.503 e. The zero-order valence-electron chi connectivity index (χ0n) is 30.5. The third-order valence-corrected chi connectivity index (χ3v) is 9.67. The van der Waals surface area contributed by atoms with Gasteiger partial charge < -0.3 is 9.30 Å². The molecular formula is C44H41N5OPt. The number of ether oxygens (including phenoxy) is 1. The first-order valence-electron chi connectivity index (χ1n) is 17.2. The molecule has 0 radical (unpaired) electrons. The number of pyridine rings is 4. The number of aromatic nitrogens is 5. The van der Waals surface area contributed by atoms with E-state index in [-0.39, 0.29) is 37.3 Å². The van der Waals surface area contributed by atoms with Crippen LogP contribution in [0.1, 0.15) is 79.0 Å². The molecule has 0 fully saturated rings. The number of hydrogen-bond acceptors (Lipinski definition) is 5. The van der Waals surface area contributed by atoms with Gasteiger partial charge in [0, 0.05) is 46.5 Å². The second kappa shape index (κ2) is 12.2. The van der Waals surface area contributed by atoms with Gasteiger partial charge in [0.25, 0.3) is 0 Å². The summed E-state index contributed by atoms with van der Waals surface area (Å²) in [6.45, 7) is 20.0. The van der Waals surface area contributed by atoms with Crippen LogP contribution in [0.15, 0.2) is 85.5 Å².